The molecule has 17 heavy (non-hydrogen) atoms. The lowest BCUT2D eigenvalue weighted by Gasteiger charge is -2.26. The molecular formula is C14H19ClN2. The first-order valence-electron chi connectivity index (χ1n) is 6.11. The normalized spacial score (nSPS) is 15.2. The van der Waals surface area contributed by atoms with Gasteiger partial charge in [0.1, 0.15) is 0 Å². The van der Waals surface area contributed by atoms with Crippen LogP contribution in [-0.4, -0.2) is 0 Å². The maximum absolute atomic E-state index is 6.09. The van der Waals surface area contributed by atoms with E-state index >= 15 is 0 Å². The summed E-state index contributed by atoms with van der Waals surface area (Å²) < 4.78 is 0. The van der Waals surface area contributed by atoms with E-state index in [1.807, 2.05) is 25.1 Å². The molecule has 2 N–H and O–H groups in total. The summed E-state index contributed by atoms with van der Waals surface area (Å²) in [7, 11) is 0. The third-order valence-corrected chi connectivity index (χ3v) is 3.59. The van der Waals surface area contributed by atoms with E-state index in [2.05, 4.69) is 17.4 Å². The van der Waals surface area contributed by atoms with Gasteiger partial charge in [-0.25, -0.2) is 0 Å². The Morgan fingerprint density at radius 3 is 2.88 bits per heavy atom. The van der Waals surface area contributed by atoms with E-state index in [4.69, 9.17) is 11.6 Å². The minimum atomic E-state index is 0.722. The molecule has 0 atom stereocenters. The van der Waals surface area contributed by atoms with Gasteiger partial charge in [-0.1, -0.05) is 43.5 Å². The Kier molecular flexibility index (Phi) is 3.95. The number of anilines is 1. The number of allylic oxidation sites excluding steroid dienone is 1. The Morgan fingerprint density at radius 1 is 1.47 bits per heavy atom. The maximum Gasteiger partial charge on any atom is 0.0728 e. The van der Waals surface area contributed by atoms with Crippen molar-refractivity contribution in [3.05, 3.63) is 41.1 Å². The largest absolute Gasteiger partial charge is 0.306 e. The van der Waals surface area contributed by atoms with Crippen molar-refractivity contribution in [2.75, 3.05) is 5.43 Å². The van der Waals surface area contributed by atoms with Gasteiger partial charge >= 0.3 is 0 Å². The fourth-order valence-corrected chi connectivity index (χ4v) is 2.15. The first-order valence-corrected chi connectivity index (χ1v) is 6.49. The third-order valence-electron chi connectivity index (χ3n) is 3.26. The van der Waals surface area contributed by atoms with Crippen molar-refractivity contribution in [2.45, 2.75) is 32.6 Å². The molecule has 0 aliphatic heterocycles. The molecule has 1 aromatic carbocycles. The second-order valence-electron chi connectivity index (χ2n) is 4.84. The van der Waals surface area contributed by atoms with Crippen LogP contribution in [0.1, 0.15) is 31.2 Å². The molecule has 1 aromatic rings. The van der Waals surface area contributed by atoms with E-state index in [0.717, 1.165) is 28.7 Å². The Hall–Kier alpha value is -1.15. The number of hydrogen-bond donors (Lipinski definition) is 2. The number of rotatable bonds is 5. The van der Waals surface area contributed by atoms with Gasteiger partial charge in [0.15, 0.2) is 0 Å². The van der Waals surface area contributed by atoms with Crippen molar-refractivity contribution in [2.24, 2.45) is 5.92 Å². The summed E-state index contributed by atoms with van der Waals surface area (Å²) in [5, 5.41) is 0.722. The van der Waals surface area contributed by atoms with Crippen LogP contribution in [-0.2, 0) is 0 Å². The highest BCUT2D eigenvalue weighted by Crippen LogP contribution is 2.31. The molecule has 3 heteroatoms. The number of hydrazine groups is 1. The van der Waals surface area contributed by atoms with Gasteiger partial charge in [0, 0.05) is 5.70 Å². The molecule has 0 saturated heterocycles. The molecule has 1 saturated carbocycles. The van der Waals surface area contributed by atoms with Gasteiger partial charge in [-0.05, 0) is 37.0 Å². The van der Waals surface area contributed by atoms with Gasteiger partial charge in [-0.15, -0.1) is 0 Å². The molecule has 0 bridgehead atoms. The topological polar surface area (TPSA) is 24.1 Å². The zero-order valence-electron chi connectivity index (χ0n) is 10.2. The highest BCUT2D eigenvalue weighted by Gasteiger charge is 2.17. The summed E-state index contributed by atoms with van der Waals surface area (Å²) in [6, 6.07) is 5.91. The maximum atomic E-state index is 6.09. The molecule has 0 heterocycles. The van der Waals surface area contributed by atoms with Crippen LogP contribution >= 0.6 is 11.6 Å². The van der Waals surface area contributed by atoms with Crippen LogP contribution in [0.3, 0.4) is 0 Å². The zero-order chi connectivity index (χ0) is 12.3. The Bertz CT molecular complexity index is 411. The molecule has 2 nitrogen and oxygen atoms in total. The molecular weight excluding hydrogens is 232 g/mol. The Morgan fingerprint density at radius 2 is 2.24 bits per heavy atom. The van der Waals surface area contributed by atoms with Gasteiger partial charge in [0.2, 0.25) is 0 Å². The predicted octanol–water partition coefficient (Wildman–Crippen LogP) is 4.27. The summed E-state index contributed by atoms with van der Waals surface area (Å²) in [4.78, 5) is 0. The number of hydrogen-bond acceptors (Lipinski definition) is 2. The predicted molar refractivity (Wildman–Crippen MR) is 74.0 cm³/mol. The van der Waals surface area contributed by atoms with E-state index in [0.29, 0.717) is 0 Å². The highest BCUT2D eigenvalue weighted by atomic mass is 35.5. The first kappa shape index (κ1) is 12.3. The number of benzene rings is 1. The first-order chi connectivity index (χ1) is 8.15. The molecule has 0 radical (unpaired) electrons. The lowest BCUT2D eigenvalue weighted by Crippen LogP contribution is -2.24. The average molecular weight is 251 g/mol. The van der Waals surface area contributed by atoms with Gasteiger partial charge in [-0.2, -0.15) is 0 Å². The number of nitrogens with one attached hydrogen (secondary N) is 2. The van der Waals surface area contributed by atoms with Crippen molar-refractivity contribution in [3.63, 3.8) is 0 Å². The summed E-state index contributed by atoms with van der Waals surface area (Å²) in [5.41, 5.74) is 9.38. The molecule has 0 amide bonds. The summed E-state index contributed by atoms with van der Waals surface area (Å²) in [6.07, 6.45) is 5.10. The van der Waals surface area contributed by atoms with E-state index in [1.54, 1.807) is 0 Å². The van der Waals surface area contributed by atoms with Gasteiger partial charge in [0.25, 0.3) is 0 Å². The van der Waals surface area contributed by atoms with E-state index in [-0.39, 0.29) is 0 Å². The molecule has 1 aliphatic carbocycles. The van der Waals surface area contributed by atoms with Crippen LogP contribution in [0.25, 0.3) is 0 Å². The minimum absolute atomic E-state index is 0.722. The molecule has 1 fully saturated rings. The van der Waals surface area contributed by atoms with Crippen molar-refractivity contribution in [1.82, 2.24) is 5.43 Å². The van der Waals surface area contributed by atoms with Crippen molar-refractivity contribution in [3.8, 4) is 0 Å². The summed E-state index contributed by atoms with van der Waals surface area (Å²) in [5.74, 6) is 0.824. The standard InChI is InChI=1S/C14H19ClN2/c1-10-6-7-13(15)14(8-10)17-16-11(2)9-12-4-3-5-12/h6-8,12,16-17H,2-5,9H2,1H3. The summed E-state index contributed by atoms with van der Waals surface area (Å²) >= 11 is 6.09. The van der Waals surface area contributed by atoms with Crippen LogP contribution in [0.4, 0.5) is 5.69 Å². The molecule has 2 rings (SSSR count). The quantitative estimate of drug-likeness (QED) is 0.763. The van der Waals surface area contributed by atoms with Crippen LogP contribution in [0.15, 0.2) is 30.5 Å². The highest BCUT2D eigenvalue weighted by molar-refractivity contribution is 6.33. The Balaban J connectivity index is 1.83. The van der Waals surface area contributed by atoms with Crippen molar-refractivity contribution in [1.29, 1.82) is 0 Å². The van der Waals surface area contributed by atoms with Crippen LogP contribution < -0.4 is 10.9 Å². The lowest BCUT2D eigenvalue weighted by atomic mass is 9.82. The van der Waals surface area contributed by atoms with Gasteiger partial charge in [0.05, 0.1) is 10.7 Å². The average Bonchev–Trinajstić information content (AvgIpc) is 2.25. The minimum Gasteiger partial charge on any atom is -0.306 e. The van der Waals surface area contributed by atoms with Gasteiger partial charge in [-0.3, -0.25) is 5.43 Å². The molecule has 92 valence electrons. The molecule has 0 aromatic heterocycles. The lowest BCUT2D eigenvalue weighted by molar-refractivity contribution is 0.310. The molecule has 0 unspecified atom stereocenters. The molecule has 1 aliphatic rings. The van der Waals surface area contributed by atoms with Crippen LogP contribution in [0, 0.1) is 12.8 Å². The van der Waals surface area contributed by atoms with Crippen molar-refractivity contribution >= 4 is 17.3 Å². The van der Waals surface area contributed by atoms with Crippen molar-refractivity contribution < 1.29 is 0 Å². The fourth-order valence-electron chi connectivity index (χ4n) is 1.99. The van der Waals surface area contributed by atoms with E-state index in [1.165, 1.54) is 24.8 Å². The number of halogens is 1. The van der Waals surface area contributed by atoms with E-state index in [9.17, 15) is 0 Å². The van der Waals surface area contributed by atoms with Crippen LogP contribution in [0.5, 0.6) is 0 Å². The van der Waals surface area contributed by atoms with Crippen LogP contribution in [0.2, 0.25) is 5.02 Å². The second kappa shape index (κ2) is 5.46. The Labute approximate surface area is 108 Å². The van der Waals surface area contributed by atoms with Gasteiger partial charge < -0.3 is 5.43 Å². The summed E-state index contributed by atoms with van der Waals surface area (Å²) in [6.45, 7) is 6.07. The third kappa shape index (κ3) is 3.40. The zero-order valence-corrected chi connectivity index (χ0v) is 11.0. The smallest absolute Gasteiger partial charge is 0.0728 e. The fraction of sp³-hybridized carbons (Fsp3) is 0.429. The second-order valence-corrected chi connectivity index (χ2v) is 5.25. The number of aryl methyl sites for hydroxylation is 1. The monoisotopic (exact) mass is 250 g/mol. The van der Waals surface area contributed by atoms with E-state index < -0.39 is 0 Å². The molecule has 0 spiro atoms. The SMILES string of the molecule is C=C(CC1CCC1)NNc1cc(C)ccc1Cl.